The van der Waals surface area contributed by atoms with Gasteiger partial charge in [0.2, 0.25) is 0 Å². The van der Waals surface area contributed by atoms with E-state index in [0.29, 0.717) is 11.5 Å². The molecule has 9 nitrogen and oxygen atoms in total. The number of benzene rings is 3. The molecule has 0 saturated heterocycles. The summed E-state index contributed by atoms with van der Waals surface area (Å²) < 4.78 is 1.93. The fourth-order valence-corrected chi connectivity index (χ4v) is 3.93. The molecule has 0 fully saturated rings. The molecule has 6 rings (SSSR count). The molecule has 0 aliphatic carbocycles. The van der Waals surface area contributed by atoms with E-state index < -0.39 is 5.97 Å². The van der Waals surface area contributed by atoms with Crippen molar-refractivity contribution >= 4 is 45.4 Å². The number of imidazole rings is 1. The van der Waals surface area contributed by atoms with E-state index in [1.165, 1.54) is 0 Å². The summed E-state index contributed by atoms with van der Waals surface area (Å²) in [6.45, 7) is 0. The maximum absolute atomic E-state index is 11.1. The Morgan fingerprint density at radius 3 is 2.63 bits per heavy atom. The van der Waals surface area contributed by atoms with Crippen molar-refractivity contribution in [1.82, 2.24) is 24.6 Å². The molecule has 0 spiro atoms. The van der Waals surface area contributed by atoms with E-state index in [1.807, 2.05) is 59.3 Å². The van der Waals surface area contributed by atoms with Gasteiger partial charge < -0.3 is 20.1 Å². The summed E-state index contributed by atoms with van der Waals surface area (Å²) in [5.74, 6) is -0.317. The van der Waals surface area contributed by atoms with Crippen molar-refractivity contribution in [3.05, 3.63) is 97.1 Å². The second kappa shape index (κ2) is 8.31. The van der Waals surface area contributed by atoms with Crippen LogP contribution >= 0.6 is 0 Å². The Hall–Kier alpha value is -5.18. The van der Waals surface area contributed by atoms with Gasteiger partial charge in [-0.1, -0.05) is 12.1 Å². The van der Waals surface area contributed by atoms with Crippen molar-refractivity contribution in [2.24, 2.45) is 0 Å². The second-order valence-corrected chi connectivity index (χ2v) is 8.02. The van der Waals surface area contributed by atoms with Crippen LogP contribution in [-0.2, 0) is 0 Å². The molecule has 0 aliphatic heterocycles. The van der Waals surface area contributed by atoms with Gasteiger partial charge in [-0.3, -0.25) is 5.10 Å². The normalized spacial score (nSPS) is 11.1. The molecular weight excluding hydrogens is 442 g/mol. The monoisotopic (exact) mass is 461 g/mol. The minimum atomic E-state index is -0.951. The summed E-state index contributed by atoms with van der Waals surface area (Å²) in [4.78, 5) is 20.4. The minimum Gasteiger partial charge on any atom is -0.478 e. The number of carbonyl (C=O) groups is 1. The van der Waals surface area contributed by atoms with Gasteiger partial charge in [0.25, 0.3) is 0 Å². The highest BCUT2D eigenvalue weighted by atomic mass is 16.4. The van der Waals surface area contributed by atoms with Gasteiger partial charge in [0, 0.05) is 46.6 Å². The van der Waals surface area contributed by atoms with Crippen LogP contribution in [-0.4, -0.2) is 35.6 Å². The van der Waals surface area contributed by atoms with Gasteiger partial charge in [0.15, 0.2) is 11.5 Å². The molecule has 0 bridgehead atoms. The predicted molar refractivity (Wildman–Crippen MR) is 134 cm³/mol. The van der Waals surface area contributed by atoms with Gasteiger partial charge in [0.1, 0.15) is 0 Å². The lowest BCUT2D eigenvalue weighted by molar-refractivity contribution is 0.0697. The first kappa shape index (κ1) is 20.4. The Labute approximate surface area is 199 Å². The standard InChI is InChI=1S/C26H19N7O2/c34-26(35)16-4-7-19(8-5-16)29-20-3-1-2-17(12-20)23-15-33-11-10-27-25(33)24(31-23)30-21-9-6-18-14-28-32-22(18)13-21/h1-15,29H,(H,28,32)(H,30,31)(H,34,35). The average molecular weight is 461 g/mol. The summed E-state index contributed by atoms with van der Waals surface area (Å²) in [6, 6.07) is 20.5. The van der Waals surface area contributed by atoms with Gasteiger partial charge in [-0.2, -0.15) is 5.10 Å². The molecule has 0 aliphatic rings. The van der Waals surface area contributed by atoms with Gasteiger partial charge in [-0.05, 0) is 54.6 Å². The average Bonchev–Trinajstić information content (AvgIpc) is 3.54. The van der Waals surface area contributed by atoms with E-state index in [0.717, 1.165) is 39.2 Å². The molecule has 0 amide bonds. The number of carboxylic acid groups (broad SMARTS) is 1. The number of aromatic nitrogens is 5. The number of fused-ring (bicyclic) bond motifs is 2. The Morgan fingerprint density at radius 2 is 1.77 bits per heavy atom. The summed E-state index contributed by atoms with van der Waals surface area (Å²) >= 11 is 0. The molecule has 0 unspecified atom stereocenters. The number of carboxylic acids is 1. The number of H-pyrrole nitrogens is 1. The zero-order valence-electron chi connectivity index (χ0n) is 18.3. The lowest BCUT2D eigenvalue weighted by Gasteiger charge is -2.12. The van der Waals surface area contributed by atoms with Crippen LogP contribution in [0, 0.1) is 0 Å². The fraction of sp³-hybridized carbons (Fsp3) is 0. The molecule has 4 N–H and O–H groups in total. The zero-order chi connectivity index (χ0) is 23.8. The van der Waals surface area contributed by atoms with Gasteiger partial charge in [0.05, 0.1) is 23.0 Å². The van der Waals surface area contributed by atoms with E-state index in [4.69, 9.17) is 10.1 Å². The van der Waals surface area contributed by atoms with E-state index in [9.17, 15) is 4.79 Å². The van der Waals surface area contributed by atoms with Crippen molar-refractivity contribution in [2.75, 3.05) is 10.6 Å². The molecule has 3 heterocycles. The lowest BCUT2D eigenvalue weighted by Crippen LogP contribution is -2.00. The topological polar surface area (TPSA) is 120 Å². The molecule has 0 atom stereocenters. The highest BCUT2D eigenvalue weighted by Crippen LogP contribution is 2.28. The van der Waals surface area contributed by atoms with Gasteiger partial charge in [-0.25, -0.2) is 14.8 Å². The van der Waals surface area contributed by atoms with Crippen LogP contribution in [0.25, 0.3) is 27.8 Å². The summed E-state index contributed by atoms with van der Waals surface area (Å²) in [6.07, 6.45) is 7.34. The fourth-order valence-electron chi connectivity index (χ4n) is 3.93. The van der Waals surface area contributed by atoms with Gasteiger partial charge >= 0.3 is 5.97 Å². The van der Waals surface area contributed by atoms with Crippen molar-refractivity contribution in [3.8, 4) is 11.3 Å². The quantitative estimate of drug-likeness (QED) is 0.260. The number of nitrogens with zero attached hydrogens (tertiary/aromatic N) is 4. The third kappa shape index (κ3) is 4.02. The SMILES string of the molecule is O=C(O)c1ccc(Nc2cccc(-c3cn4ccnc4c(Nc4ccc5cn[nH]c5c4)n3)c2)cc1. The van der Waals surface area contributed by atoms with E-state index in [-0.39, 0.29) is 5.56 Å². The van der Waals surface area contributed by atoms with Crippen LogP contribution in [0.5, 0.6) is 0 Å². The smallest absolute Gasteiger partial charge is 0.335 e. The van der Waals surface area contributed by atoms with E-state index >= 15 is 0 Å². The van der Waals surface area contributed by atoms with Crippen molar-refractivity contribution in [3.63, 3.8) is 0 Å². The van der Waals surface area contributed by atoms with Crippen LogP contribution in [0.1, 0.15) is 10.4 Å². The largest absolute Gasteiger partial charge is 0.478 e. The Bertz CT molecular complexity index is 1690. The van der Waals surface area contributed by atoms with Crippen molar-refractivity contribution in [1.29, 1.82) is 0 Å². The maximum Gasteiger partial charge on any atom is 0.335 e. The van der Waals surface area contributed by atoms with Gasteiger partial charge in [-0.15, -0.1) is 0 Å². The molecule has 0 saturated carbocycles. The van der Waals surface area contributed by atoms with Crippen LogP contribution in [0.4, 0.5) is 22.9 Å². The maximum atomic E-state index is 11.1. The highest BCUT2D eigenvalue weighted by Gasteiger charge is 2.11. The number of anilines is 4. The number of aromatic carboxylic acids is 1. The zero-order valence-corrected chi connectivity index (χ0v) is 18.3. The first-order valence-electron chi connectivity index (χ1n) is 10.9. The molecule has 3 aromatic carbocycles. The Kier molecular flexibility index (Phi) is 4.85. The first-order chi connectivity index (χ1) is 17.1. The number of hydrogen-bond acceptors (Lipinski definition) is 6. The van der Waals surface area contributed by atoms with Crippen LogP contribution in [0.2, 0.25) is 0 Å². The molecular formula is C26H19N7O2. The minimum absolute atomic E-state index is 0.244. The second-order valence-electron chi connectivity index (χ2n) is 8.02. The Morgan fingerprint density at radius 1 is 0.943 bits per heavy atom. The molecule has 9 heteroatoms. The number of aromatic amines is 1. The predicted octanol–water partition coefficient (Wildman–Crippen LogP) is 5.46. The molecule has 35 heavy (non-hydrogen) atoms. The highest BCUT2D eigenvalue weighted by molar-refractivity contribution is 5.88. The number of nitrogens with one attached hydrogen (secondary N) is 3. The van der Waals surface area contributed by atoms with E-state index in [1.54, 1.807) is 36.7 Å². The first-order valence-corrected chi connectivity index (χ1v) is 10.9. The Balaban J connectivity index is 1.33. The van der Waals surface area contributed by atoms with Crippen LogP contribution in [0.15, 0.2) is 91.5 Å². The molecule has 6 aromatic rings. The summed E-state index contributed by atoms with van der Waals surface area (Å²) in [5, 5.41) is 23.9. The summed E-state index contributed by atoms with van der Waals surface area (Å²) in [7, 11) is 0. The number of rotatable bonds is 6. The molecule has 170 valence electrons. The number of hydrogen-bond donors (Lipinski definition) is 4. The third-order valence-electron chi connectivity index (χ3n) is 5.66. The third-order valence-corrected chi connectivity index (χ3v) is 5.66. The van der Waals surface area contributed by atoms with Crippen molar-refractivity contribution < 1.29 is 9.90 Å². The van der Waals surface area contributed by atoms with Crippen LogP contribution < -0.4 is 10.6 Å². The molecule has 3 aromatic heterocycles. The van der Waals surface area contributed by atoms with Crippen molar-refractivity contribution in [2.45, 2.75) is 0 Å². The molecule has 0 radical (unpaired) electrons. The lowest BCUT2D eigenvalue weighted by atomic mass is 10.1. The van der Waals surface area contributed by atoms with E-state index in [2.05, 4.69) is 25.8 Å². The summed E-state index contributed by atoms with van der Waals surface area (Å²) in [5.41, 5.74) is 6.10. The van der Waals surface area contributed by atoms with Crippen LogP contribution in [0.3, 0.4) is 0 Å².